The maximum absolute atomic E-state index is 14.3. The van der Waals surface area contributed by atoms with E-state index in [4.69, 9.17) is 18.9 Å². The fourth-order valence-corrected chi connectivity index (χ4v) is 9.12. The van der Waals surface area contributed by atoms with Crippen LogP contribution in [0.2, 0.25) is 0 Å². The zero-order valence-electron chi connectivity index (χ0n) is 18.7. The first-order valence-electron chi connectivity index (χ1n) is 11.4. The van der Waals surface area contributed by atoms with Crippen LogP contribution in [0.4, 0.5) is 0 Å². The van der Waals surface area contributed by atoms with Gasteiger partial charge in [-0.1, -0.05) is 20.8 Å². The number of esters is 2. The minimum absolute atomic E-state index is 0.169. The number of carbonyl (C=O) groups is 3. The first kappa shape index (κ1) is 20.1. The molecule has 5 saturated heterocycles. The summed E-state index contributed by atoms with van der Waals surface area (Å²) in [6.45, 7) is 11.3. The Morgan fingerprint density at radius 3 is 2.26 bits per heavy atom. The number of ketones is 1. The molecule has 0 unspecified atom stereocenters. The fraction of sp³-hybridized carbons (Fsp3) is 0.870. The van der Waals surface area contributed by atoms with Crippen LogP contribution in [0.3, 0.4) is 0 Å². The smallest absolute Gasteiger partial charge is 0.313 e. The van der Waals surface area contributed by atoms with E-state index in [0.29, 0.717) is 0 Å². The lowest BCUT2D eigenvalue weighted by Gasteiger charge is -2.57. The molecule has 0 amide bonds. The molecule has 8 heteroatoms. The maximum atomic E-state index is 14.3. The summed E-state index contributed by atoms with van der Waals surface area (Å²) in [7, 11) is 0. The summed E-state index contributed by atoms with van der Waals surface area (Å²) in [6, 6.07) is 0. The van der Waals surface area contributed by atoms with Crippen molar-refractivity contribution in [3.8, 4) is 0 Å². The lowest BCUT2D eigenvalue weighted by Crippen LogP contribution is -2.72. The Bertz CT molecular complexity index is 933. The lowest BCUT2D eigenvalue weighted by molar-refractivity contribution is -0.210. The Kier molecular flexibility index (Phi) is 3.47. The molecule has 0 aromatic rings. The first-order chi connectivity index (χ1) is 14.4. The molecule has 6 rings (SSSR count). The molecule has 5 heterocycles. The molecule has 2 spiro atoms. The van der Waals surface area contributed by atoms with Crippen molar-refractivity contribution in [3.05, 3.63) is 0 Å². The van der Waals surface area contributed by atoms with Crippen LogP contribution >= 0.6 is 0 Å². The van der Waals surface area contributed by atoms with Crippen molar-refractivity contribution in [3.63, 3.8) is 0 Å². The quantitative estimate of drug-likeness (QED) is 0.638. The van der Waals surface area contributed by atoms with Crippen LogP contribution in [0.25, 0.3) is 0 Å². The Morgan fingerprint density at radius 1 is 1.00 bits per heavy atom. The monoisotopic (exact) mass is 434 g/mol. The number of rotatable bonds is 2. The van der Waals surface area contributed by atoms with Gasteiger partial charge in [0.2, 0.25) is 0 Å². The summed E-state index contributed by atoms with van der Waals surface area (Å²) in [6.07, 6.45) is -1.35. The normalized spacial score (nSPS) is 62.6. The van der Waals surface area contributed by atoms with Crippen molar-refractivity contribution in [2.75, 3.05) is 6.61 Å². The fourth-order valence-electron chi connectivity index (χ4n) is 9.12. The van der Waals surface area contributed by atoms with E-state index < -0.39 is 70.2 Å². The van der Waals surface area contributed by atoms with Gasteiger partial charge in [-0.15, -0.1) is 0 Å². The zero-order chi connectivity index (χ0) is 22.5. The molecular weight excluding hydrogens is 404 g/mol. The van der Waals surface area contributed by atoms with Crippen molar-refractivity contribution in [1.29, 1.82) is 0 Å². The number of hydrogen-bond acceptors (Lipinski definition) is 8. The maximum Gasteiger partial charge on any atom is 0.313 e. The Morgan fingerprint density at radius 2 is 1.61 bits per heavy atom. The summed E-state index contributed by atoms with van der Waals surface area (Å²) in [5.74, 6) is -5.15. The van der Waals surface area contributed by atoms with Gasteiger partial charge in [0.25, 0.3) is 0 Å². The van der Waals surface area contributed by atoms with Crippen molar-refractivity contribution in [1.82, 2.24) is 0 Å². The van der Waals surface area contributed by atoms with Gasteiger partial charge < -0.3 is 24.1 Å². The predicted molar refractivity (Wildman–Crippen MR) is 103 cm³/mol. The van der Waals surface area contributed by atoms with Crippen molar-refractivity contribution in [2.24, 2.45) is 41.4 Å². The van der Waals surface area contributed by atoms with Gasteiger partial charge in [-0.25, -0.2) is 0 Å². The molecule has 6 aliphatic rings. The van der Waals surface area contributed by atoms with Gasteiger partial charge in [-0.05, 0) is 20.8 Å². The number of fused-ring (bicyclic) bond motifs is 2. The van der Waals surface area contributed by atoms with Crippen LogP contribution in [0.1, 0.15) is 41.5 Å². The largest absolute Gasteiger partial charge is 0.466 e. The summed E-state index contributed by atoms with van der Waals surface area (Å²) < 4.78 is 24.4. The number of ether oxygens (including phenoxy) is 4. The molecule has 0 aromatic carbocycles. The van der Waals surface area contributed by atoms with Gasteiger partial charge >= 0.3 is 11.9 Å². The molecule has 0 aromatic heterocycles. The molecule has 8 nitrogen and oxygen atoms in total. The number of aliphatic hydroxyl groups is 1. The third-order valence-electron chi connectivity index (χ3n) is 10.2. The van der Waals surface area contributed by atoms with Gasteiger partial charge in [-0.2, -0.15) is 0 Å². The number of Topliss-reactive ketones (excluding diaryl/α,β-unsaturated/α-hetero) is 1. The van der Waals surface area contributed by atoms with Crippen LogP contribution in [0.15, 0.2) is 0 Å². The minimum Gasteiger partial charge on any atom is -0.466 e. The second kappa shape index (κ2) is 5.34. The second-order valence-corrected chi connectivity index (χ2v) is 10.9. The highest BCUT2D eigenvalue weighted by Crippen LogP contribution is 2.76. The molecule has 1 saturated carbocycles. The van der Waals surface area contributed by atoms with Crippen LogP contribution in [-0.4, -0.2) is 64.0 Å². The topological polar surface area (TPSA) is 108 Å². The highest BCUT2D eigenvalue weighted by atomic mass is 16.6. The van der Waals surface area contributed by atoms with E-state index >= 15 is 0 Å². The molecule has 1 aliphatic carbocycles. The van der Waals surface area contributed by atoms with Crippen LogP contribution < -0.4 is 0 Å². The number of carbonyl (C=O) groups excluding carboxylic acids is 3. The lowest BCUT2D eigenvalue weighted by atomic mass is 9.43. The van der Waals surface area contributed by atoms with Crippen molar-refractivity contribution < 1.29 is 38.4 Å². The van der Waals surface area contributed by atoms with E-state index in [-0.39, 0.29) is 30.1 Å². The van der Waals surface area contributed by atoms with Crippen LogP contribution in [-0.2, 0) is 33.3 Å². The summed E-state index contributed by atoms with van der Waals surface area (Å²) in [5, 5.41) is 11.2. The Labute approximate surface area is 180 Å². The molecule has 6 fully saturated rings. The van der Waals surface area contributed by atoms with Crippen LogP contribution in [0.5, 0.6) is 0 Å². The van der Waals surface area contributed by atoms with Crippen molar-refractivity contribution in [2.45, 2.75) is 76.2 Å². The average molecular weight is 434 g/mol. The van der Waals surface area contributed by atoms with Gasteiger partial charge in [-0.3, -0.25) is 14.4 Å². The second-order valence-electron chi connectivity index (χ2n) is 10.9. The van der Waals surface area contributed by atoms with E-state index in [1.807, 2.05) is 27.7 Å². The van der Waals surface area contributed by atoms with Gasteiger partial charge in [0.05, 0.1) is 35.7 Å². The standard InChI is InChI=1S/C23H30O8/c1-7-28-18(26)13-11-15(24)12-14-19(27)29-17-9(3)23(12,31-21(14,17)6)10(4)22(11)8(2)16(25)20(13,5)30-22/h8-14,16-17,25H,7H2,1-6H3/t8-,9+,10+,11+,12-,13+,14-,16-,17-,20-,21-,22-,23+/m1/s1. The van der Waals surface area contributed by atoms with Gasteiger partial charge in [0.1, 0.15) is 34.9 Å². The molecule has 0 radical (unpaired) electrons. The van der Waals surface area contributed by atoms with Gasteiger partial charge in [0, 0.05) is 17.8 Å². The third-order valence-corrected chi connectivity index (χ3v) is 10.2. The van der Waals surface area contributed by atoms with E-state index in [1.54, 1.807) is 13.8 Å². The summed E-state index contributed by atoms with van der Waals surface area (Å²) in [5.41, 5.74) is -4.12. The Balaban J connectivity index is 1.58. The first-order valence-corrected chi connectivity index (χ1v) is 11.4. The van der Waals surface area contributed by atoms with E-state index in [1.165, 1.54) is 0 Å². The molecule has 13 atom stereocenters. The SMILES string of the molecule is CCOC(=O)[C@@H]1[C@H]2C(=O)[C@H]3[C@@H]4C(=O)O[C@@H]5[C@H](C)[C@]3(O[C@@]54C)[C@@H](C)[C@@]23O[C@@]1(C)[C@H](O)[C@H]3C. The molecule has 170 valence electrons. The minimum atomic E-state index is -1.24. The van der Waals surface area contributed by atoms with E-state index in [0.717, 1.165) is 0 Å². The molecule has 31 heavy (non-hydrogen) atoms. The van der Waals surface area contributed by atoms with E-state index in [9.17, 15) is 19.5 Å². The molecule has 1 N–H and O–H groups in total. The molecular formula is C23H30O8. The molecule has 5 aliphatic heterocycles. The summed E-state index contributed by atoms with van der Waals surface area (Å²) in [4.78, 5) is 40.3. The van der Waals surface area contributed by atoms with Crippen molar-refractivity contribution >= 4 is 17.7 Å². The highest BCUT2D eigenvalue weighted by molar-refractivity contribution is 5.98. The summed E-state index contributed by atoms with van der Waals surface area (Å²) >= 11 is 0. The van der Waals surface area contributed by atoms with E-state index in [2.05, 4.69) is 0 Å². The number of aliphatic hydroxyl groups excluding tert-OH is 1. The zero-order valence-corrected chi connectivity index (χ0v) is 18.7. The Hall–Kier alpha value is -1.51. The number of hydrogen-bond donors (Lipinski definition) is 1. The predicted octanol–water partition coefficient (Wildman–Crippen LogP) is 0.874. The van der Waals surface area contributed by atoms with Crippen LogP contribution in [0, 0.1) is 41.4 Å². The van der Waals surface area contributed by atoms with Gasteiger partial charge in [0.15, 0.2) is 0 Å². The highest BCUT2D eigenvalue weighted by Gasteiger charge is 2.91. The third kappa shape index (κ3) is 1.67. The average Bonchev–Trinajstić information content (AvgIpc) is 3.34. The molecule has 4 bridgehead atoms.